The molecule has 1 unspecified atom stereocenters. The topological polar surface area (TPSA) is 84.2 Å². The summed E-state index contributed by atoms with van der Waals surface area (Å²) in [5, 5.41) is 5.48. The second-order valence-electron chi connectivity index (χ2n) is 5.68. The van der Waals surface area contributed by atoms with Crippen LogP contribution in [-0.4, -0.2) is 30.9 Å². The van der Waals surface area contributed by atoms with Crippen LogP contribution in [0.3, 0.4) is 0 Å². The first-order chi connectivity index (χ1) is 7.84. The van der Waals surface area contributed by atoms with Crippen LogP contribution in [0.25, 0.3) is 0 Å². The molecule has 17 heavy (non-hydrogen) atoms. The highest BCUT2D eigenvalue weighted by atomic mass is 16.2. The van der Waals surface area contributed by atoms with Gasteiger partial charge in [-0.3, -0.25) is 9.59 Å². The summed E-state index contributed by atoms with van der Waals surface area (Å²) < 4.78 is 0. The van der Waals surface area contributed by atoms with Gasteiger partial charge in [-0.2, -0.15) is 0 Å². The van der Waals surface area contributed by atoms with Crippen LogP contribution in [0, 0.1) is 11.3 Å². The van der Waals surface area contributed by atoms with E-state index in [2.05, 4.69) is 10.6 Å². The average Bonchev–Trinajstić information content (AvgIpc) is 3.04. The number of hydrogen-bond acceptors (Lipinski definition) is 3. The zero-order chi connectivity index (χ0) is 13.1. The number of carbonyl (C=O) groups excluding carboxylic acids is 2. The first kappa shape index (κ1) is 14.0. The molecule has 1 fully saturated rings. The first-order valence-electron chi connectivity index (χ1n) is 6.12. The molecule has 1 aliphatic rings. The van der Waals surface area contributed by atoms with Crippen molar-refractivity contribution in [3.63, 3.8) is 0 Å². The molecule has 1 aliphatic carbocycles. The lowest BCUT2D eigenvalue weighted by Crippen LogP contribution is -2.47. The van der Waals surface area contributed by atoms with Gasteiger partial charge in [-0.25, -0.2) is 0 Å². The predicted molar refractivity (Wildman–Crippen MR) is 66.2 cm³/mol. The molecule has 0 spiro atoms. The Labute approximate surface area is 103 Å². The predicted octanol–water partition coefficient (Wildman–Crippen LogP) is 0.00220. The third kappa shape index (κ3) is 4.73. The van der Waals surface area contributed by atoms with Crippen LogP contribution in [0.1, 0.15) is 33.6 Å². The van der Waals surface area contributed by atoms with Gasteiger partial charge >= 0.3 is 0 Å². The molecule has 0 heterocycles. The fourth-order valence-electron chi connectivity index (χ4n) is 1.55. The van der Waals surface area contributed by atoms with Gasteiger partial charge in [-0.1, -0.05) is 20.8 Å². The summed E-state index contributed by atoms with van der Waals surface area (Å²) in [5.41, 5.74) is 5.12. The summed E-state index contributed by atoms with van der Waals surface area (Å²) in [5.74, 6) is 0.246. The molecule has 0 aromatic carbocycles. The van der Waals surface area contributed by atoms with E-state index in [9.17, 15) is 9.59 Å². The Morgan fingerprint density at radius 3 is 2.35 bits per heavy atom. The maximum Gasteiger partial charge on any atom is 0.239 e. The quantitative estimate of drug-likeness (QED) is 0.633. The van der Waals surface area contributed by atoms with Gasteiger partial charge in [0.15, 0.2) is 0 Å². The van der Waals surface area contributed by atoms with Crippen molar-refractivity contribution in [2.75, 3.05) is 13.1 Å². The van der Waals surface area contributed by atoms with Crippen LogP contribution < -0.4 is 16.4 Å². The van der Waals surface area contributed by atoms with E-state index in [1.807, 2.05) is 20.8 Å². The monoisotopic (exact) mass is 241 g/mol. The standard InChI is InChI=1S/C12H23N3O2/c1-12(2,3)11(17)14-7-10(16)15-9(6-13)8-4-5-8/h8-9H,4-7,13H2,1-3H3,(H,14,17)(H,15,16). The molecule has 0 aromatic heterocycles. The minimum absolute atomic E-state index is 0.0271. The third-order valence-electron chi connectivity index (χ3n) is 2.88. The number of amides is 2. The molecule has 0 aliphatic heterocycles. The van der Waals surface area contributed by atoms with E-state index in [4.69, 9.17) is 5.73 Å². The van der Waals surface area contributed by atoms with E-state index in [1.54, 1.807) is 0 Å². The molecular formula is C12H23N3O2. The van der Waals surface area contributed by atoms with Crippen molar-refractivity contribution in [1.29, 1.82) is 0 Å². The van der Waals surface area contributed by atoms with Crippen molar-refractivity contribution in [2.24, 2.45) is 17.1 Å². The molecule has 0 aromatic rings. The zero-order valence-corrected chi connectivity index (χ0v) is 10.9. The van der Waals surface area contributed by atoms with Gasteiger partial charge in [0.25, 0.3) is 0 Å². The van der Waals surface area contributed by atoms with Gasteiger partial charge in [-0.05, 0) is 18.8 Å². The van der Waals surface area contributed by atoms with Crippen molar-refractivity contribution in [2.45, 2.75) is 39.7 Å². The van der Waals surface area contributed by atoms with Gasteiger partial charge in [0, 0.05) is 18.0 Å². The van der Waals surface area contributed by atoms with Crippen LogP contribution in [0.4, 0.5) is 0 Å². The second kappa shape index (κ2) is 5.49. The Kier molecular flexibility index (Phi) is 4.51. The molecule has 4 N–H and O–H groups in total. The SMILES string of the molecule is CC(C)(C)C(=O)NCC(=O)NC(CN)C1CC1. The lowest BCUT2D eigenvalue weighted by Gasteiger charge is -2.19. The minimum Gasteiger partial charge on any atom is -0.350 e. The van der Waals surface area contributed by atoms with E-state index in [1.165, 1.54) is 0 Å². The maximum absolute atomic E-state index is 11.6. The van der Waals surface area contributed by atoms with E-state index in [0.717, 1.165) is 12.8 Å². The van der Waals surface area contributed by atoms with Gasteiger partial charge in [0.2, 0.25) is 11.8 Å². The zero-order valence-electron chi connectivity index (χ0n) is 10.9. The lowest BCUT2D eigenvalue weighted by atomic mass is 9.96. The number of nitrogens with one attached hydrogen (secondary N) is 2. The van der Waals surface area contributed by atoms with Crippen LogP contribution in [0.15, 0.2) is 0 Å². The molecule has 1 saturated carbocycles. The number of carbonyl (C=O) groups is 2. The van der Waals surface area contributed by atoms with Crippen LogP contribution >= 0.6 is 0 Å². The third-order valence-corrected chi connectivity index (χ3v) is 2.88. The Morgan fingerprint density at radius 2 is 1.94 bits per heavy atom. The van der Waals surface area contributed by atoms with Crippen LogP contribution in [0.2, 0.25) is 0 Å². The summed E-state index contributed by atoms with van der Waals surface area (Å²) in [6.45, 7) is 5.93. The average molecular weight is 241 g/mol. The summed E-state index contributed by atoms with van der Waals surface area (Å²) in [7, 11) is 0. The van der Waals surface area contributed by atoms with Crippen molar-refractivity contribution in [3.05, 3.63) is 0 Å². The van der Waals surface area contributed by atoms with Crippen LogP contribution in [-0.2, 0) is 9.59 Å². The minimum atomic E-state index is -0.468. The molecular weight excluding hydrogens is 218 g/mol. The lowest BCUT2D eigenvalue weighted by molar-refractivity contribution is -0.131. The highest BCUT2D eigenvalue weighted by molar-refractivity contribution is 5.87. The molecule has 2 amide bonds. The van der Waals surface area contributed by atoms with E-state index < -0.39 is 5.41 Å². The van der Waals surface area contributed by atoms with Gasteiger partial charge in [-0.15, -0.1) is 0 Å². The van der Waals surface area contributed by atoms with E-state index in [0.29, 0.717) is 12.5 Å². The second-order valence-corrected chi connectivity index (χ2v) is 5.68. The molecule has 1 rings (SSSR count). The smallest absolute Gasteiger partial charge is 0.239 e. The van der Waals surface area contributed by atoms with E-state index in [-0.39, 0.29) is 24.4 Å². The van der Waals surface area contributed by atoms with Crippen LogP contribution in [0.5, 0.6) is 0 Å². The van der Waals surface area contributed by atoms with Crippen molar-refractivity contribution in [1.82, 2.24) is 10.6 Å². The Hall–Kier alpha value is -1.10. The molecule has 1 atom stereocenters. The Balaban J connectivity index is 2.27. The van der Waals surface area contributed by atoms with Crippen molar-refractivity contribution >= 4 is 11.8 Å². The maximum atomic E-state index is 11.6. The Bertz CT molecular complexity index is 293. The summed E-state index contributed by atoms with van der Waals surface area (Å²) in [6, 6.07) is 0.0639. The number of hydrogen-bond donors (Lipinski definition) is 3. The number of nitrogens with two attached hydrogens (primary N) is 1. The number of rotatable bonds is 5. The molecule has 0 saturated heterocycles. The molecule has 5 heteroatoms. The molecule has 0 bridgehead atoms. The molecule has 98 valence electrons. The Morgan fingerprint density at radius 1 is 1.35 bits per heavy atom. The van der Waals surface area contributed by atoms with Gasteiger partial charge < -0.3 is 16.4 Å². The first-order valence-corrected chi connectivity index (χ1v) is 6.12. The van der Waals surface area contributed by atoms with Gasteiger partial charge in [0.1, 0.15) is 0 Å². The summed E-state index contributed by atoms with van der Waals surface area (Å²) >= 11 is 0. The fourth-order valence-corrected chi connectivity index (χ4v) is 1.55. The largest absolute Gasteiger partial charge is 0.350 e. The van der Waals surface area contributed by atoms with Gasteiger partial charge in [0.05, 0.1) is 6.54 Å². The normalized spacial score (nSPS) is 17.4. The van der Waals surface area contributed by atoms with Crippen molar-refractivity contribution in [3.8, 4) is 0 Å². The summed E-state index contributed by atoms with van der Waals surface area (Å²) in [6.07, 6.45) is 2.27. The highest BCUT2D eigenvalue weighted by Crippen LogP contribution is 2.32. The molecule has 0 radical (unpaired) electrons. The fraction of sp³-hybridized carbons (Fsp3) is 0.833. The van der Waals surface area contributed by atoms with Crippen molar-refractivity contribution < 1.29 is 9.59 Å². The molecule has 5 nitrogen and oxygen atoms in total. The summed E-state index contributed by atoms with van der Waals surface area (Å²) in [4.78, 5) is 23.1. The highest BCUT2D eigenvalue weighted by Gasteiger charge is 2.31. The van der Waals surface area contributed by atoms with E-state index >= 15 is 0 Å².